The number of sulfonamides is 1. The van der Waals surface area contributed by atoms with Crippen LogP contribution in [-0.4, -0.2) is 48.5 Å². The number of azo groups is 1. The quantitative estimate of drug-likeness (QED) is 0.134. The van der Waals surface area contributed by atoms with Crippen LogP contribution in [0.2, 0.25) is 0 Å². The van der Waals surface area contributed by atoms with Crippen molar-refractivity contribution in [2.24, 2.45) is 22.1 Å². The zero-order valence-corrected chi connectivity index (χ0v) is 26.8. The summed E-state index contributed by atoms with van der Waals surface area (Å²) in [6, 6.07) is 6.09. The number of aromatic hydroxyl groups is 1. The first kappa shape index (κ1) is 35.1. The molecule has 0 saturated carbocycles. The Labute approximate surface area is 250 Å². The Morgan fingerprint density at radius 3 is 1.98 bits per heavy atom. The van der Waals surface area contributed by atoms with Crippen LogP contribution in [0.25, 0.3) is 0 Å². The fraction of sp³-hybridized carbons (Fsp3) is 0.613. The highest BCUT2D eigenvalue weighted by Gasteiger charge is 2.29. The summed E-state index contributed by atoms with van der Waals surface area (Å²) >= 11 is 0. The predicted molar refractivity (Wildman–Crippen MR) is 165 cm³/mol. The van der Waals surface area contributed by atoms with Gasteiger partial charge < -0.3 is 9.84 Å². The van der Waals surface area contributed by atoms with Crippen LogP contribution < -0.4 is 5.56 Å². The second-order valence-electron chi connectivity index (χ2n) is 10.7. The van der Waals surface area contributed by atoms with Crippen molar-refractivity contribution < 1.29 is 23.1 Å². The molecule has 11 heteroatoms. The van der Waals surface area contributed by atoms with Crippen LogP contribution in [-0.2, 0) is 14.8 Å². The minimum atomic E-state index is -3.76. The molecule has 10 nitrogen and oxygen atoms in total. The highest BCUT2D eigenvalue weighted by atomic mass is 32.2. The monoisotopic (exact) mass is 604 g/mol. The van der Waals surface area contributed by atoms with Gasteiger partial charge in [0.05, 0.1) is 17.2 Å². The molecule has 1 aromatic carbocycles. The average molecular weight is 605 g/mol. The van der Waals surface area contributed by atoms with Crippen molar-refractivity contribution in [3.63, 3.8) is 0 Å². The number of ether oxygens (including phenoxy) is 1. The summed E-state index contributed by atoms with van der Waals surface area (Å²) in [7, 11) is -3.76. The standard InChI is InChI=1S/C31H48N4O6S/c1-7-12-14-23(9-3)20-35(21-24(10-4)15-13-8-2)42(39,40)26-18-16-25(17-19-26)33-34-28-22(6)27(31(38)41-11-5)29(36)32-30(28)37/h16-19,23-24H,7-15,20-21H2,1-6H3,(H2,32,36,37). The van der Waals surface area contributed by atoms with Crippen LogP contribution in [0.1, 0.15) is 102 Å². The molecule has 2 atom stereocenters. The fourth-order valence-electron chi connectivity index (χ4n) is 4.89. The van der Waals surface area contributed by atoms with E-state index in [9.17, 15) is 23.1 Å². The molecule has 2 aromatic rings. The summed E-state index contributed by atoms with van der Waals surface area (Å²) < 4.78 is 34.4. The number of aromatic nitrogens is 1. The molecule has 0 radical (unpaired) electrons. The summed E-state index contributed by atoms with van der Waals surface area (Å²) in [4.78, 5) is 27.0. The molecule has 0 spiro atoms. The number of esters is 1. The maximum Gasteiger partial charge on any atom is 0.343 e. The fourth-order valence-corrected chi connectivity index (χ4v) is 6.48. The number of nitrogens with one attached hydrogen (secondary N) is 1. The van der Waals surface area contributed by atoms with E-state index < -0.39 is 27.4 Å². The maximum atomic E-state index is 13.9. The van der Waals surface area contributed by atoms with E-state index in [4.69, 9.17) is 4.74 Å². The van der Waals surface area contributed by atoms with E-state index in [2.05, 4.69) is 42.9 Å². The van der Waals surface area contributed by atoms with Gasteiger partial charge >= 0.3 is 5.97 Å². The van der Waals surface area contributed by atoms with E-state index in [0.717, 1.165) is 51.4 Å². The number of benzene rings is 1. The van der Waals surface area contributed by atoms with Gasteiger partial charge in [-0.15, -0.1) is 5.11 Å². The Morgan fingerprint density at radius 1 is 0.952 bits per heavy atom. The third-order valence-corrected chi connectivity index (χ3v) is 9.49. The van der Waals surface area contributed by atoms with E-state index in [1.165, 1.54) is 31.2 Å². The van der Waals surface area contributed by atoms with Crippen molar-refractivity contribution in [2.75, 3.05) is 19.7 Å². The van der Waals surface area contributed by atoms with Gasteiger partial charge in [0.25, 0.3) is 5.56 Å². The first-order valence-corrected chi connectivity index (χ1v) is 16.6. The Balaban J connectivity index is 2.38. The molecule has 2 rings (SSSR count). The summed E-state index contributed by atoms with van der Waals surface area (Å²) in [5, 5.41) is 18.2. The molecule has 0 aliphatic heterocycles. The van der Waals surface area contributed by atoms with Crippen molar-refractivity contribution in [2.45, 2.75) is 97.8 Å². The topological polar surface area (TPSA) is 141 Å². The van der Waals surface area contributed by atoms with E-state index in [-0.39, 0.29) is 28.3 Å². The molecule has 1 aromatic heterocycles. The minimum Gasteiger partial charge on any atom is -0.494 e. The smallest absolute Gasteiger partial charge is 0.343 e. The van der Waals surface area contributed by atoms with E-state index in [1.54, 1.807) is 11.2 Å². The summed E-state index contributed by atoms with van der Waals surface area (Å²) in [5.74, 6) is -0.807. The Kier molecular flexibility index (Phi) is 14.4. The number of aromatic amines is 1. The number of carbonyl (C=O) groups is 1. The number of hydrogen-bond donors (Lipinski definition) is 2. The van der Waals surface area contributed by atoms with Gasteiger partial charge in [-0.25, -0.2) is 13.2 Å². The van der Waals surface area contributed by atoms with Gasteiger partial charge in [-0.05, 0) is 62.8 Å². The number of pyridine rings is 1. The molecule has 234 valence electrons. The lowest BCUT2D eigenvalue weighted by atomic mass is 9.97. The second kappa shape index (κ2) is 17.2. The first-order valence-electron chi connectivity index (χ1n) is 15.2. The second-order valence-corrected chi connectivity index (χ2v) is 12.7. The maximum absolute atomic E-state index is 13.9. The van der Waals surface area contributed by atoms with Gasteiger partial charge in [-0.3, -0.25) is 9.78 Å². The van der Waals surface area contributed by atoms with Crippen LogP contribution in [0.3, 0.4) is 0 Å². The van der Waals surface area contributed by atoms with Crippen LogP contribution in [0, 0.1) is 18.8 Å². The molecular weight excluding hydrogens is 556 g/mol. The Hall–Kier alpha value is -3.05. The van der Waals surface area contributed by atoms with Crippen molar-refractivity contribution in [3.05, 3.63) is 45.7 Å². The molecule has 0 amide bonds. The Morgan fingerprint density at radius 2 is 1.50 bits per heavy atom. The van der Waals surface area contributed by atoms with Crippen LogP contribution in [0.15, 0.2) is 44.2 Å². The van der Waals surface area contributed by atoms with Crippen molar-refractivity contribution >= 4 is 27.4 Å². The van der Waals surface area contributed by atoms with Gasteiger partial charge in [-0.1, -0.05) is 66.2 Å². The number of carbonyl (C=O) groups excluding carboxylic acids is 1. The molecule has 42 heavy (non-hydrogen) atoms. The van der Waals surface area contributed by atoms with E-state index >= 15 is 0 Å². The van der Waals surface area contributed by atoms with Crippen molar-refractivity contribution in [1.82, 2.24) is 9.29 Å². The zero-order chi connectivity index (χ0) is 31.3. The van der Waals surface area contributed by atoms with Gasteiger partial charge in [0.1, 0.15) is 5.56 Å². The largest absolute Gasteiger partial charge is 0.494 e. The molecule has 1 heterocycles. The number of nitrogens with zero attached hydrogens (tertiary/aromatic N) is 3. The van der Waals surface area contributed by atoms with Crippen LogP contribution in [0.4, 0.5) is 11.4 Å². The summed E-state index contributed by atoms with van der Waals surface area (Å²) in [6.07, 6.45) is 8.14. The van der Waals surface area contributed by atoms with Gasteiger partial charge in [0.2, 0.25) is 15.9 Å². The van der Waals surface area contributed by atoms with Crippen LogP contribution >= 0.6 is 0 Å². The molecule has 2 N–H and O–H groups in total. The number of unbranched alkanes of at least 4 members (excludes halogenated alkanes) is 2. The third-order valence-electron chi connectivity index (χ3n) is 7.64. The van der Waals surface area contributed by atoms with Crippen molar-refractivity contribution in [1.29, 1.82) is 0 Å². The molecule has 2 unspecified atom stereocenters. The average Bonchev–Trinajstić information content (AvgIpc) is 2.96. The molecular formula is C31H48N4O6S. The van der Waals surface area contributed by atoms with Gasteiger partial charge in [0.15, 0.2) is 5.69 Å². The van der Waals surface area contributed by atoms with Gasteiger partial charge in [0, 0.05) is 18.7 Å². The lowest BCUT2D eigenvalue weighted by Crippen LogP contribution is -2.39. The zero-order valence-electron chi connectivity index (χ0n) is 26.0. The molecule has 0 aliphatic carbocycles. The number of H-pyrrole nitrogens is 1. The Bertz CT molecular complexity index is 1320. The molecule has 0 bridgehead atoms. The lowest BCUT2D eigenvalue weighted by Gasteiger charge is -2.30. The van der Waals surface area contributed by atoms with Crippen LogP contribution in [0.5, 0.6) is 5.88 Å². The normalized spacial score (nSPS) is 13.5. The molecule has 0 saturated heterocycles. The van der Waals surface area contributed by atoms with E-state index in [0.29, 0.717) is 30.6 Å². The third kappa shape index (κ3) is 9.49. The SMILES string of the molecule is CCCCC(CC)CN(CC(CC)CCCC)S(=O)(=O)c1ccc(N=Nc2c(C)c(C(=O)OCC)c(O)[nH]c2=O)cc1. The lowest BCUT2D eigenvalue weighted by molar-refractivity contribution is 0.0521. The minimum absolute atomic E-state index is 0.0933. The van der Waals surface area contributed by atoms with E-state index in [1.807, 2.05) is 0 Å². The molecule has 0 fully saturated rings. The predicted octanol–water partition coefficient (Wildman–Crippen LogP) is 7.40. The number of hydrogen-bond acceptors (Lipinski definition) is 8. The van der Waals surface area contributed by atoms with Crippen molar-refractivity contribution in [3.8, 4) is 5.88 Å². The highest BCUT2D eigenvalue weighted by Crippen LogP contribution is 2.28. The molecule has 0 aliphatic rings. The summed E-state index contributed by atoms with van der Waals surface area (Å²) in [6.45, 7) is 12.7. The summed E-state index contributed by atoms with van der Waals surface area (Å²) in [5.41, 5.74) is -0.627. The van der Waals surface area contributed by atoms with Gasteiger partial charge in [-0.2, -0.15) is 9.42 Å². The first-order chi connectivity index (χ1) is 20.0. The highest BCUT2D eigenvalue weighted by molar-refractivity contribution is 7.89. The number of rotatable bonds is 18.